The van der Waals surface area contributed by atoms with Gasteiger partial charge < -0.3 is 10.2 Å². The molecule has 7 nitrogen and oxygen atoms in total. The number of hydrogen-bond acceptors (Lipinski definition) is 4. The lowest BCUT2D eigenvalue weighted by Crippen LogP contribution is -2.49. The Hall–Kier alpha value is -2.78. The summed E-state index contributed by atoms with van der Waals surface area (Å²) < 4.78 is 40.4. The summed E-state index contributed by atoms with van der Waals surface area (Å²) in [7, 11) is -3.59. The Morgan fingerprint density at radius 2 is 1.62 bits per heavy atom. The van der Waals surface area contributed by atoms with Gasteiger partial charge in [-0.3, -0.25) is 9.59 Å². The number of piperidine rings is 1. The number of carbonyl (C=O) groups excluding carboxylic acids is 2. The molecule has 182 valence electrons. The molecule has 0 aromatic heterocycles. The third-order valence-corrected chi connectivity index (χ3v) is 8.59. The van der Waals surface area contributed by atoms with Crippen LogP contribution in [0.25, 0.3) is 0 Å². The zero-order chi connectivity index (χ0) is 24.3. The fourth-order valence-electron chi connectivity index (χ4n) is 4.65. The second kappa shape index (κ2) is 10.2. The van der Waals surface area contributed by atoms with Gasteiger partial charge in [-0.2, -0.15) is 4.31 Å². The Morgan fingerprint density at radius 3 is 2.26 bits per heavy atom. The Morgan fingerprint density at radius 1 is 0.971 bits per heavy atom. The van der Waals surface area contributed by atoms with Crippen molar-refractivity contribution in [3.63, 3.8) is 0 Å². The van der Waals surface area contributed by atoms with Crippen molar-refractivity contribution in [1.29, 1.82) is 0 Å². The molecule has 2 fully saturated rings. The zero-order valence-electron chi connectivity index (χ0n) is 19.2. The SMILES string of the molecule is Cc1ccc(S(=O)(=O)N2CCC(C(=O)N3CCC[C@H]3C(=O)NCc3ccc(F)cc3)CC2)cc1. The lowest BCUT2D eigenvalue weighted by atomic mass is 9.96. The molecule has 9 heteroatoms. The van der Waals surface area contributed by atoms with Crippen LogP contribution in [0.1, 0.15) is 36.8 Å². The molecule has 2 aromatic rings. The van der Waals surface area contributed by atoms with Gasteiger partial charge in [0.05, 0.1) is 4.90 Å². The van der Waals surface area contributed by atoms with E-state index in [0.717, 1.165) is 17.5 Å². The van der Waals surface area contributed by atoms with Gasteiger partial charge in [0.15, 0.2) is 0 Å². The summed E-state index contributed by atoms with van der Waals surface area (Å²) in [6.45, 7) is 3.26. The van der Waals surface area contributed by atoms with Crippen molar-refractivity contribution in [1.82, 2.24) is 14.5 Å². The average Bonchev–Trinajstić information content (AvgIpc) is 3.33. The molecule has 4 rings (SSSR count). The van der Waals surface area contributed by atoms with Crippen LogP contribution in [0.15, 0.2) is 53.4 Å². The van der Waals surface area contributed by atoms with Crippen LogP contribution in [-0.2, 0) is 26.2 Å². The lowest BCUT2D eigenvalue weighted by molar-refractivity contribution is -0.142. The smallest absolute Gasteiger partial charge is 0.243 e. The van der Waals surface area contributed by atoms with Crippen LogP contribution < -0.4 is 5.32 Å². The highest BCUT2D eigenvalue weighted by molar-refractivity contribution is 7.89. The van der Waals surface area contributed by atoms with Gasteiger partial charge in [0, 0.05) is 32.1 Å². The van der Waals surface area contributed by atoms with E-state index in [1.165, 1.54) is 16.4 Å². The van der Waals surface area contributed by atoms with E-state index in [-0.39, 0.29) is 48.1 Å². The molecule has 34 heavy (non-hydrogen) atoms. The lowest BCUT2D eigenvalue weighted by Gasteiger charge is -2.34. The van der Waals surface area contributed by atoms with Crippen molar-refractivity contribution in [3.05, 3.63) is 65.5 Å². The molecule has 2 aliphatic rings. The maximum Gasteiger partial charge on any atom is 0.243 e. The second-order valence-electron chi connectivity index (χ2n) is 9.03. The first-order chi connectivity index (χ1) is 16.3. The van der Waals surface area contributed by atoms with Gasteiger partial charge in [0.25, 0.3) is 0 Å². The van der Waals surface area contributed by atoms with Crippen LogP contribution >= 0.6 is 0 Å². The fourth-order valence-corrected chi connectivity index (χ4v) is 6.12. The van der Waals surface area contributed by atoms with Crippen molar-refractivity contribution in [3.8, 4) is 0 Å². The summed E-state index contributed by atoms with van der Waals surface area (Å²) >= 11 is 0. The number of nitrogens with one attached hydrogen (secondary N) is 1. The maximum absolute atomic E-state index is 13.2. The van der Waals surface area contributed by atoms with Gasteiger partial charge in [-0.05, 0) is 62.4 Å². The highest BCUT2D eigenvalue weighted by atomic mass is 32.2. The number of rotatable bonds is 6. The van der Waals surface area contributed by atoms with Crippen LogP contribution in [-0.4, -0.2) is 55.1 Å². The summed E-state index contributed by atoms with van der Waals surface area (Å²) in [5.41, 5.74) is 1.78. The van der Waals surface area contributed by atoms with Crippen molar-refractivity contribution in [2.45, 2.75) is 50.1 Å². The van der Waals surface area contributed by atoms with E-state index in [2.05, 4.69) is 5.32 Å². The maximum atomic E-state index is 13.2. The summed E-state index contributed by atoms with van der Waals surface area (Å²) in [5.74, 6) is -0.920. The highest BCUT2D eigenvalue weighted by Crippen LogP contribution is 2.28. The molecule has 0 radical (unpaired) electrons. The molecule has 2 saturated heterocycles. The number of sulfonamides is 1. The molecule has 1 N–H and O–H groups in total. The number of halogens is 1. The summed E-state index contributed by atoms with van der Waals surface area (Å²) in [6.07, 6.45) is 2.22. The van der Waals surface area contributed by atoms with E-state index in [4.69, 9.17) is 0 Å². The largest absolute Gasteiger partial charge is 0.350 e. The first-order valence-corrected chi connectivity index (χ1v) is 13.1. The molecular weight excluding hydrogens is 457 g/mol. The number of benzene rings is 2. The van der Waals surface area contributed by atoms with Gasteiger partial charge in [-0.25, -0.2) is 12.8 Å². The van der Waals surface area contributed by atoms with E-state index in [1.54, 1.807) is 41.3 Å². The van der Waals surface area contributed by atoms with Gasteiger partial charge in [-0.1, -0.05) is 29.8 Å². The van der Waals surface area contributed by atoms with Crippen molar-refractivity contribution in [2.24, 2.45) is 5.92 Å². The first-order valence-electron chi connectivity index (χ1n) is 11.6. The van der Waals surface area contributed by atoms with Gasteiger partial charge in [-0.15, -0.1) is 0 Å². The molecule has 0 aliphatic carbocycles. The highest BCUT2D eigenvalue weighted by Gasteiger charge is 2.39. The van der Waals surface area contributed by atoms with E-state index < -0.39 is 16.1 Å². The summed E-state index contributed by atoms with van der Waals surface area (Å²) in [4.78, 5) is 27.9. The van der Waals surface area contributed by atoms with Crippen molar-refractivity contribution < 1.29 is 22.4 Å². The summed E-state index contributed by atoms with van der Waals surface area (Å²) in [6, 6.07) is 12.2. The van der Waals surface area contributed by atoms with Gasteiger partial charge in [0.1, 0.15) is 11.9 Å². The Balaban J connectivity index is 1.33. The van der Waals surface area contributed by atoms with Crippen LogP contribution in [0.3, 0.4) is 0 Å². The molecule has 0 spiro atoms. The van der Waals surface area contributed by atoms with Crippen LogP contribution in [0.5, 0.6) is 0 Å². The number of nitrogens with zero attached hydrogens (tertiary/aromatic N) is 2. The average molecular weight is 488 g/mol. The molecule has 2 aromatic carbocycles. The monoisotopic (exact) mass is 487 g/mol. The number of hydrogen-bond donors (Lipinski definition) is 1. The molecule has 0 unspecified atom stereocenters. The van der Waals surface area contributed by atoms with Crippen LogP contribution in [0.4, 0.5) is 4.39 Å². The Bertz CT molecular complexity index is 1130. The third kappa shape index (κ3) is 5.31. The first kappa shape index (κ1) is 24.3. The normalized spacial score (nSPS) is 19.8. The predicted octanol–water partition coefficient (Wildman–Crippen LogP) is 2.84. The molecule has 2 heterocycles. The minimum atomic E-state index is -3.59. The Labute approximate surface area is 200 Å². The molecule has 2 aliphatic heterocycles. The number of carbonyl (C=O) groups is 2. The molecule has 1 atom stereocenters. The summed E-state index contributed by atoms with van der Waals surface area (Å²) in [5, 5.41) is 2.85. The van der Waals surface area contributed by atoms with Crippen LogP contribution in [0, 0.1) is 18.7 Å². The second-order valence-corrected chi connectivity index (χ2v) is 11.0. The number of likely N-dealkylation sites (tertiary alicyclic amines) is 1. The minimum Gasteiger partial charge on any atom is -0.350 e. The van der Waals surface area contributed by atoms with Gasteiger partial charge in [0.2, 0.25) is 21.8 Å². The molecular formula is C25H30FN3O4S. The van der Waals surface area contributed by atoms with Crippen LogP contribution in [0.2, 0.25) is 0 Å². The zero-order valence-corrected chi connectivity index (χ0v) is 20.1. The third-order valence-electron chi connectivity index (χ3n) is 6.68. The van der Waals surface area contributed by atoms with Crippen molar-refractivity contribution in [2.75, 3.05) is 19.6 Å². The molecule has 0 saturated carbocycles. The minimum absolute atomic E-state index is 0.0770. The standard InChI is InChI=1S/C25H30FN3O4S/c1-18-4-10-22(11-5-18)34(32,33)28-15-12-20(13-16-28)25(31)29-14-2-3-23(29)24(30)27-17-19-6-8-21(26)9-7-19/h4-11,20,23H,2-3,12-17H2,1H3,(H,27,30)/t23-/m0/s1. The Kier molecular flexibility index (Phi) is 7.33. The number of amides is 2. The fraction of sp³-hybridized carbons (Fsp3) is 0.440. The topological polar surface area (TPSA) is 86.8 Å². The predicted molar refractivity (Wildman–Crippen MR) is 126 cm³/mol. The van der Waals surface area contributed by atoms with E-state index in [1.807, 2.05) is 6.92 Å². The number of aryl methyl sites for hydroxylation is 1. The molecule has 2 amide bonds. The molecule has 0 bridgehead atoms. The van der Waals surface area contributed by atoms with E-state index in [9.17, 15) is 22.4 Å². The quantitative estimate of drug-likeness (QED) is 0.679. The van der Waals surface area contributed by atoms with Crippen molar-refractivity contribution >= 4 is 21.8 Å². The van der Waals surface area contributed by atoms with Gasteiger partial charge >= 0.3 is 0 Å². The van der Waals surface area contributed by atoms with E-state index in [0.29, 0.717) is 25.8 Å². The van der Waals surface area contributed by atoms with E-state index >= 15 is 0 Å².